The Morgan fingerprint density at radius 2 is 2.00 bits per heavy atom. The first kappa shape index (κ1) is 18.9. The second kappa shape index (κ2) is 6.67. The lowest BCUT2D eigenvalue weighted by atomic mass is 10.0. The van der Waals surface area contributed by atoms with Gasteiger partial charge < -0.3 is 15.4 Å². The first-order valence-electron chi connectivity index (χ1n) is 8.34. The Kier molecular flexibility index (Phi) is 4.84. The van der Waals surface area contributed by atoms with Gasteiger partial charge in [-0.15, -0.1) is 4.28 Å². The number of piperidine rings is 1. The van der Waals surface area contributed by atoms with Crippen molar-refractivity contribution in [2.24, 2.45) is 11.1 Å². The molecule has 2 aliphatic heterocycles. The topological polar surface area (TPSA) is 146 Å². The quantitative estimate of drug-likeness (QED) is 0.533. The fourth-order valence-electron chi connectivity index (χ4n) is 3.17. The number of amides is 3. The molecule has 3 aliphatic rings. The van der Waals surface area contributed by atoms with Gasteiger partial charge in [-0.2, -0.15) is 13.5 Å². The number of ether oxygens (including phenoxy) is 1. The average molecular weight is 391 g/mol. The summed E-state index contributed by atoms with van der Waals surface area (Å²) in [6, 6.07) is -2.05. The van der Waals surface area contributed by atoms with Crippen LogP contribution in [-0.4, -0.2) is 68.1 Å². The number of esters is 1. The second-order valence-corrected chi connectivity index (χ2v) is 7.86. The van der Waals surface area contributed by atoms with Crippen molar-refractivity contribution in [3.63, 3.8) is 0 Å². The lowest BCUT2D eigenvalue weighted by molar-refractivity contribution is -0.151. The summed E-state index contributed by atoms with van der Waals surface area (Å²) < 4.78 is 38.7. The molecule has 2 atom stereocenters. The molecule has 2 saturated heterocycles. The van der Waals surface area contributed by atoms with Crippen molar-refractivity contribution >= 4 is 28.3 Å². The number of rotatable bonds is 8. The summed E-state index contributed by atoms with van der Waals surface area (Å²) >= 11 is 0. The molecule has 3 rings (SSSR count). The van der Waals surface area contributed by atoms with E-state index in [1.807, 2.05) is 0 Å². The molecule has 2 N–H and O–H groups in total. The van der Waals surface area contributed by atoms with E-state index in [4.69, 9.17) is 18.9 Å². The Bertz CT molecular complexity index is 720. The molecule has 0 spiro atoms. The van der Waals surface area contributed by atoms with Crippen molar-refractivity contribution in [2.75, 3.05) is 19.8 Å². The summed E-state index contributed by atoms with van der Waals surface area (Å²) in [4.78, 5) is 36.7. The molecule has 0 aromatic carbocycles. The van der Waals surface area contributed by atoms with E-state index in [2.05, 4.69) is 0 Å². The van der Waals surface area contributed by atoms with Gasteiger partial charge in [-0.3, -0.25) is 9.59 Å². The maximum absolute atomic E-state index is 12.3. The van der Waals surface area contributed by atoms with Crippen LogP contribution in [0.4, 0.5) is 4.79 Å². The zero-order valence-electron chi connectivity index (χ0n) is 14.3. The molecule has 11 nitrogen and oxygen atoms in total. The van der Waals surface area contributed by atoms with E-state index >= 15 is 0 Å². The molecule has 0 aromatic heterocycles. The smallest absolute Gasteiger partial charge is 0.421 e. The van der Waals surface area contributed by atoms with Gasteiger partial charge in [0.25, 0.3) is 0 Å². The van der Waals surface area contributed by atoms with Crippen LogP contribution in [0.3, 0.4) is 0 Å². The molecule has 3 fully saturated rings. The summed E-state index contributed by atoms with van der Waals surface area (Å²) in [6.07, 6.45) is 1.62. The number of hydrogen-bond donors (Lipinski definition) is 1. The van der Waals surface area contributed by atoms with E-state index in [0.29, 0.717) is 30.7 Å². The molecule has 0 aromatic rings. The molecule has 3 amide bonds. The van der Waals surface area contributed by atoms with Crippen LogP contribution < -0.4 is 5.73 Å². The second-order valence-electron chi connectivity index (χ2n) is 6.66. The third-order valence-electron chi connectivity index (χ3n) is 4.86. The van der Waals surface area contributed by atoms with Gasteiger partial charge in [-0.1, -0.05) is 0 Å². The number of nitrogens with two attached hydrogens (primary N) is 1. The third-order valence-corrected chi connectivity index (χ3v) is 5.61. The number of urea groups is 1. The Morgan fingerprint density at radius 3 is 2.58 bits per heavy atom. The number of hydrogen-bond acceptors (Lipinski definition) is 8. The molecule has 2 bridgehead atoms. The summed E-state index contributed by atoms with van der Waals surface area (Å²) in [5.74, 6) is -1.17. The maximum Gasteiger partial charge on any atom is 0.421 e. The van der Waals surface area contributed by atoms with E-state index < -0.39 is 52.4 Å². The van der Waals surface area contributed by atoms with Crippen LogP contribution >= 0.6 is 0 Å². The number of hydroxylamine groups is 2. The monoisotopic (exact) mass is 391 g/mol. The van der Waals surface area contributed by atoms with Gasteiger partial charge >= 0.3 is 22.4 Å². The van der Waals surface area contributed by atoms with Gasteiger partial charge in [0.1, 0.15) is 6.04 Å². The molecule has 26 heavy (non-hydrogen) atoms. The highest BCUT2D eigenvalue weighted by Crippen LogP contribution is 2.47. The molecule has 2 heterocycles. The van der Waals surface area contributed by atoms with E-state index in [1.165, 1.54) is 4.90 Å². The summed E-state index contributed by atoms with van der Waals surface area (Å²) in [7, 11) is -4.56. The van der Waals surface area contributed by atoms with Gasteiger partial charge in [-0.05, 0) is 32.6 Å². The molecular weight excluding hydrogens is 370 g/mol. The van der Waals surface area contributed by atoms with E-state index in [-0.39, 0.29) is 13.2 Å². The van der Waals surface area contributed by atoms with Crippen molar-refractivity contribution in [1.82, 2.24) is 9.96 Å². The Hall–Kier alpha value is -1.92. The van der Waals surface area contributed by atoms with Crippen molar-refractivity contribution in [1.29, 1.82) is 0 Å². The van der Waals surface area contributed by atoms with Gasteiger partial charge in [0.2, 0.25) is 5.91 Å². The summed E-state index contributed by atoms with van der Waals surface area (Å²) in [5, 5.41) is 0.697. The number of nitrogens with zero attached hydrogens (tertiary/aromatic N) is 2. The highest BCUT2D eigenvalue weighted by molar-refractivity contribution is 7.81. The SMILES string of the molecule is CCOC(=O)C1(COS(=O)(=O)ON2C(=O)N3CC2CCC3C(N)=O)CC1. The van der Waals surface area contributed by atoms with E-state index in [1.54, 1.807) is 6.92 Å². The van der Waals surface area contributed by atoms with Crippen molar-refractivity contribution < 1.29 is 36.0 Å². The number of carbonyl (C=O) groups excluding carboxylic acids is 3. The minimum Gasteiger partial charge on any atom is -0.465 e. The molecule has 1 aliphatic carbocycles. The van der Waals surface area contributed by atoms with Crippen LogP contribution in [0.2, 0.25) is 0 Å². The highest BCUT2D eigenvalue weighted by atomic mass is 32.3. The Morgan fingerprint density at radius 1 is 1.31 bits per heavy atom. The first-order chi connectivity index (χ1) is 12.2. The number of carbonyl (C=O) groups is 3. The molecule has 12 heteroatoms. The van der Waals surface area contributed by atoms with E-state index in [9.17, 15) is 22.8 Å². The van der Waals surface area contributed by atoms with Crippen LogP contribution in [0.25, 0.3) is 0 Å². The molecular formula is C14H21N3O8S. The number of primary amides is 1. The highest BCUT2D eigenvalue weighted by Gasteiger charge is 2.53. The Balaban J connectivity index is 1.61. The fourth-order valence-corrected chi connectivity index (χ4v) is 3.97. The minimum absolute atomic E-state index is 0.148. The van der Waals surface area contributed by atoms with Crippen LogP contribution in [0.1, 0.15) is 32.6 Å². The predicted octanol–water partition coefficient (Wildman–Crippen LogP) is -0.723. The fraction of sp³-hybridized carbons (Fsp3) is 0.786. The van der Waals surface area contributed by atoms with Crippen LogP contribution in [0.15, 0.2) is 0 Å². The van der Waals surface area contributed by atoms with E-state index in [0.717, 1.165) is 0 Å². The van der Waals surface area contributed by atoms with Gasteiger partial charge in [-0.25, -0.2) is 8.98 Å². The van der Waals surface area contributed by atoms with Gasteiger partial charge in [0.15, 0.2) is 0 Å². The maximum atomic E-state index is 12.3. The van der Waals surface area contributed by atoms with Gasteiger partial charge in [0, 0.05) is 6.54 Å². The largest absolute Gasteiger partial charge is 0.465 e. The zero-order valence-corrected chi connectivity index (χ0v) is 15.1. The predicted molar refractivity (Wildman–Crippen MR) is 84.2 cm³/mol. The summed E-state index contributed by atoms with van der Waals surface area (Å²) in [5.41, 5.74) is 4.29. The molecule has 2 unspecified atom stereocenters. The summed E-state index contributed by atoms with van der Waals surface area (Å²) in [6.45, 7) is 1.58. The standard InChI is InChI=1S/C14H21N3O8S/c1-2-23-12(19)14(5-6-14)8-24-26(21,22)25-17-9-3-4-10(11(15)18)16(7-9)13(17)20/h9-10H,2-8H2,1H3,(H2,15,18). The normalized spacial score (nSPS) is 26.7. The van der Waals surface area contributed by atoms with Crippen molar-refractivity contribution in [3.05, 3.63) is 0 Å². The zero-order chi connectivity index (χ0) is 19.1. The minimum atomic E-state index is -4.56. The Labute approximate surface area is 150 Å². The average Bonchev–Trinajstić information content (AvgIpc) is 3.34. The number of fused-ring (bicyclic) bond motifs is 2. The van der Waals surface area contributed by atoms with Gasteiger partial charge in [0.05, 0.1) is 24.7 Å². The third kappa shape index (κ3) is 3.48. The van der Waals surface area contributed by atoms with Crippen LogP contribution in [0.5, 0.6) is 0 Å². The van der Waals surface area contributed by atoms with Crippen molar-refractivity contribution in [2.45, 2.75) is 44.7 Å². The molecule has 1 saturated carbocycles. The molecule has 146 valence electrons. The van der Waals surface area contributed by atoms with Crippen LogP contribution in [-0.2, 0) is 33.2 Å². The molecule has 0 radical (unpaired) electrons. The van der Waals surface area contributed by atoms with Crippen LogP contribution in [0, 0.1) is 5.41 Å². The first-order valence-corrected chi connectivity index (χ1v) is 9.68. The lowest BCUT2D eigenvalue weighted by Crippen LogP contribution is -2.47. The van der Waals surface area contributed by atoms with Crippen molar-refractivity contribution in [3.8, 4) is 0 Å². The lowest BCUT2D eigenvalue weighted by Gasteiger charge is -2.27.